The van der Waals surface area contributed by atoms with Gasteiger partial charge in [-0.1, -0.05) is 13.8 Å². The summed E-state index contributed by atoms with van der Waals surface area (Å²) in [5.41, 5.74) is 0.484. The number of rotatable bonds is 1. The van der Waals surface area contributed by atoms with Gasteiger partial charge in [-0.15, -0.1) is 0 Å². The summed E-state index contributed by atoms with van der Waals surface area (Å²) < 4.78 is 0. The molecule has 5 aliphatic carbocycles. The molecule has 0 aliphatic heterocycles. The molecule has 5 fully saturated rings. The van der Waals surface area contributed by atoms with Crippen LogP contribution >= 0.6 is 0 Å². The predicted molar refractivity (Wildman–Crippen MR) is 92.8 cm³/mol. The van der Waals surface area contributed by atoms with E-state index in [-0.39, 0.29) is 11.5 Å². The molecule has 134 valence electrons. The molecule has 0 spiro atoms. The third-order valence-corrected chi connectivity index (χ3v) is 9.71. The van der Waals surface area contributed by atoms with Crippen LogP contribution in [0.15, 0.2) is 0 Å². The molecule has 5 aliphatic rings. The van der Waals surface area contributed by atoms with Crippen LogP contribution in [0.5, 0.6) is 0 Å². The summed E-state index contributed by atoms with van der Waals surface area (Å²) in [5, 5.41) is 0. The zero-order chi connectivity index (χ0) is 16.7. The molecular formula is C21H33NO2. The Hall–Kier alpha value is -0.410. The lowest BCUT2D eigenvalue weighted by Crippen LogP contribution is -2.59. The van der Waals surface area contributed by atoms with Crippen LogP contribution in [-0.2, 0) is 9.63 Å². The molecule has 0 heterocycles. The van der Waals surface area contributed by atoms with Crippen LogP contribution in [0.3, 0.4) is 0 Å². The number of carbonyl (C=O) groups excluding carboxylic acids is 1. The first-order chi connectivity index (χ1) is 11.5. The van der Waals surface area contributed by atoms with Gasteiger partial charge in [-0.3, -0.25) is 4.79 Å². The quantitative estimate of drug-likeness (QED) is 0.736. The third-order valence-electron chi connectivity index (χ3n) is 9.71. The first-order valence-corrected chi connectivity index (χ1v) is 10.4. The Bertz CT molecular complexity index is 562. The average molecular weight is 332 g/mol. The van der Waals surface area contributed by atoms with Gasteiger partial charge in [0, 0.05) is 11.8 Å². The van der Waals surface area contributed by atoms with E-state index in [0.717, 1.165) is 48.9 Å². The van der Waals surface area contributed by atoms with Crippen molar-refractivity contribution in [2.75, 3.05) is 0 Å². The van der Waals surface area contributed by atoms with Crippen LogP contribution in [0.25, 0.3) is 0 Å². The van der Waals surface area contributed by atoms with Crippen molar-refractivity contribution in [3.8, 4) is 0 Å². The Morgan fingerprint density at radius 3 is 2.58 bits per heavy atom. The lowest BCUT2D eigenvalue weighted by atomic mass is 9.39. The summed E-state index contributed by atoms with van der Waals surface area (Å²) >= 11 is 0. The lowest BCUT2D eigenvalue weighted by Gasteiger charge is -2.66. The van der Waals surface area contributed by atoms with Crippen molar-refractivity contribution >= 4 is 5.78 Å². The van der Waals surface area contributed by atoms with Gasteiger partial charge in [0.1, 0.15) is 5.78 Å². The SMILES string of the molecule is CC12CCC3C(C[C@H]4CC5CC(ON)CCC3(C)C54)C1CCC2=O. The highest BCUT2D eigenvalue weighted by Gasteiger charge is 2.65. The van der Waals surface area contributed by atoms with Gasteiger partial charge in [0.05, 0.1) is 6.10 Å². The molecule has 3 heteroatoms. The van der Waals surface area contributed by atoms with Crippen LogP contribution < -0.4 is 5.90 Å². The van der Waals surface area contributed by atoms with E-state index < -0.39 is 0 Å². The number of nitrogens with two attached hydrogens (primary N) is 1. The molecule has 0 aromatic rings. The van der Waals surface area contributed by atoms with Crippen LogP contribution in [-0.4, -0.2) is 11.9 Å². The number of ketones is 1. The molecule has 0 saturated heterocycles. The van der Waals surface area contributed by atoms with Gasteiger partial charge in [0.15, 0.2) is 0 Å². The van der Waals surface area contributed by atoms with E-state index in [4.69, 9.17) is 10.7 Å². The molecule has 24 heavy (non-hydrogen) atoms. The van der Waals surface area contributed by atoms with E-state index in [1.165, 1.54) is 38.5 Å². The highest BCUT2D eigenvalue weighted by atomic mass is 16.6. The summed E-state index contributed by atoms with van der Waals surface area (Å²) in [5.74, 6) is 11.1. The van der Waals surface area contributed by atoms with Gasteiger partial charge in [-0.25, -0.2) is 5.90 Å². The minimum absolute atomic E-state index is 0.0150. The van der Waals surface area contributed by atoms with Crippen molar-refractivity contribution < 1.29 is 9.63 Å². The smallest absolute Gasteiger partial charge is 0.139 e. The number of hydrogen-bond acceptors (Lipinski definition) is 3. The molecule has 0 radical (unpaired) electrons. The van der Waals surface area contributed by atoms with Gasteiger partial charge in [0.25, 0.3) is 0 Å². The topological polar surface area (TPSA) is 52.3 Å². The maximum Gasteiger partial charge on any atom is 0.139 e. The monoisotopic (exact) mass is 331 g/mol. The molecule has 5 rings (SSSR count). The average Bonchev–Trinajstić information content (AvgIpc) is 2.76. The Morgan fingerprint density at radius 2 is 1.79 bits per heavy atom. The number of hydrogen-bond donors (Lipinski definition) is 1. The Kier molecular flexibility index (Phi) is 3.34. The molecule has 9 atom stereocenters. The zero-order valence-electron chi connectivity index (χ0n) is 15.3. The van der Waals surface area contributed by atoms with Gasteiger partial charge in [-0.05, 0) is 92.3 Å². The largest absolute Gasteiger partial charge is 0.301 e. The zero-order valence-corrected chi connectivity index (χ0v) is 15.3. The van der Waals surface area contributed by atoms with Crippen LogP contribution in [0.2, 0.25) is 0 Å². The van der Waals surface area contributed by atoms with Crippen LogP contribution in [0.4, 0.5) is 0 Å². The number of fused-ring (bicyclic) bond motifs is 4. The summed E-state index contributed by atoms with van der Waals surface area (Å²) in [4.78, 5) is 17.9. The van der Waals surface area contributed by atoms with Crippen molar-refractivity contribution in [2.24, 2.45) is 52.2 Å². The fourth-order valence-electron chi connectivity index (χ4n) is 8.64. The van der Waals surface area contributed by atoms with Crippen LogP contribution in [0, 0.1) is 46.3 Å². The number of carbonyl (C=O) groups is 1. The number of Topliss-reactive ketones (excluding diaryl/α,β-unsaturated/α-hetero) is 1. The summed E-state index contributed by atoms with van der Waals surface area (Å²) in [6.45, 7) is 4.90. The van der Waals surface area contributed by atoms with Crippen molar-refractivity contribution in [3.63, 3.8) is 0 Å². The summed E-state index contributed by atoms with van der Waals surface area (Å²) in [6.07, 6.45) is 11.1. The Labute approximate surface area is 146 Å². The molecule has 5 saturated carbocycles. The second-order valence-electron chi connectivity index (χ2n) is 10.4. The third kappa shape index (κ3) is 1.84. The van der Waals surface area contributed by atoms with Gasteiger partial charge >= 0.3 is 0 Å². The second kappa shape index (κ2) is 5.07. The molecule has 3 nitrogen and oxygen atoms in total. The molecule has 0 bridgehead atoms. The molecule has 8 unspecified atom stereocenters. The highest BCUT2D eigenvalue weighted by Crippen LogP contribution is 2.71. The van der Waals surface area contributed by atoms with E-state index in [1.807, 2.05) is 0 Å². The summed E-state index contributed by atoms with van der Waals surface area (Å²) in [7, 11) is 0. The van der Waals surface area contributed by atoms with Crippen LogP contribution in [0.1, 0.15) is 71.6 Å². The predicted octanol–water partition coefficient (Wildman–Crippen LogP) is 4.10. The van der Waals surface area contributed by atoms with Gasteiger partial charge in [0.2, 0.25) is 0 Å². The van der Waals surface area contributed by atoms with E-state index in [1.54, 1.807) is 0 Å². The Balaban J connectivity index is 1.49. The Morgan fingerprint density at radius 1 is 1.00 bits per heavy atom. The maximum absolute atomic E-state index is 12.6. The lowest BCUT2D eigenvalue weighted by molar-refractivity contribution is -0.175. The first kappa shape index (κ1) is 15.8. The minimum atomic E-state index is 0.0150. The molecular weight excluding hydrogens is 298 g/mol. The molecule has 0 aromatic carbocycles. The fraction of sp³-hybridized carbons (Fsp3) is 0.952. The normalized spacial score (nSPS) is 59.0. The van der Waals surface area contributed by atoms with E-state index in [9.17, 15) is 4.79 Å². The standard InChI is InChI=1S/C21H33NO2/c1-20-8-6-17-15(16(20)3-4-18(20)23)11-13-9-12-10-14(24-22)5-7-21(17,2)19(12)13/h12-17,19H,3-11,22H2,1-2H3/t12?,13-,14?,15?,16?,17?,19?,20?,21?/m1/s1. The first-order valence-electron chi connectivity index (χ1n) is 10.4. The maximum atomic E-state index is 12.6. The van der Waals surface area contributed by atoms with E-state index in [2.05, 4.69) is 13.8 Å². The van der Waals surface area contributed by atoms with E-state index in [0.29, 0.717) is 17.1 Å². The van der Waals surface area contributed by atoms with Gasteiger partial charge < -0.3 is 4.84 Å². The van der Waals surface area contributed by atoms with Crippen molar-refractivity contribution in [1.82, 2.24) is 0 Å². The van der Waals surface area contributed by atoms with Gasteiger partial charge in [-0.2, -0.15) is 0 Å². The highest BCUT2D eigenvalue weighted by molar-refractivity contribution is 5.87. The van der Waals surface area contributed by atoms with E-state index >= 15 is 0 Å². The minimum Gasteiger partial charge on any atom is -0.301 e. The molecule has 0 amide bonds. The molecule has 0 aromatic heterocycles. The van der Waals surface area contributed by atoms with Crippen molar-refractivity contribution in [3.05, 3.63) is 0 Å². The fourth-order valence-corrected chi connectivity index (χ4v) is 8.64. The van der Waals surface area contributed by atoms with Crippen molar-refractivity contribution in [2.45, 2.75) is 77.7 Å². The molecule has 2 N–H and O–H groups in total. The summed E-state index contributed by atoms with van der Waals surface area (Å²) in [6, 6.07) is 0. The van der Waals surface area contributed by atoms with Crippen molar-refractivity contribution in [1.29, 1.82) is 0 Å². The second-order valence-corrected chi connectivity index (χ2v) is 10.4.